The number of halogens is 1. The van der Waals surface area contributed by atoms with Crippen molar-refractivity contribution in [3.8, 4) is 5.75 Å². The van der Waals surface area contributed by atoms with Gasteiger partial charge in [0.15, 0.2) is 5.78 Å². The first-order valence-electron chi connectivity index (χ1n) is 5.26. The molecule has 0 saturated carbocycles. The largest absolute Gasteiger partial charge is 0.497 e. The van der Waals surface area contributed by atoms with Crippen LogP contribution in [-0.4, -0.2) is 18.7 Å². The molecule has 0 amide bonds. The number of carbonyl (C=O) groups excluding carboxylic acids is 2. The Labute approximate surface area is 104 Å². The molecule has 3 nitrogen and oxygen atoms in total. The van der Waals surface area contributed by atoms with Crippen LogP contribution in [0.5, 0.6) is 5.75 Å². The lowest BCUT2D eigenvalue weighted by Gasteiger charge is -2.17. The quantitative estimate of drug-likeness (QED) is 0.810. The van der Waals surface area contributed by atoms with Crippen molar-refractivity contribution in [3.05, 3.63) is 39.9 Å². The molecule has 88 valence electrons. The van der Waals surface area contributed by atoms with Crippen LogP contribution in [0.1, 0.15) is 34.1 Å². The van der Waals surface area contributed by atoms with E-state index in [1.165, 1.54) is 7.11 Å². The monoisotopic (exact) mass is 250 g/mol. The zero-order valence-electron chi connectivity index (χ0n) is 9.54. The van der Waals surface area contributed by atoms with E-state index in [1.807, 2.05) is 0 Å². The van der Waals surface area contributed by atoms with Crippen LogP contribution in [0.15, 0.2) is 28.8 Å². The molecule has 0 atom stereocenters. The molecule has 0 radical (unpaired) electrons. The second-order valence-corrected chi connectivity index (χ2v) is 4.09. The van der Waals surface area contributed by atoms with Crippen molar-refractivity contribution in [3.63, 3.8) is 0 Å². The van der Waals surface area contributed by atoms with Crippen LogP contribution < -0.4 is 4.74 Å². The van der Waals surface area contributed by atoms with Crippen molar-refractivity contribution in [2.45, 2.75) is 13.3 Å². The van der Waals surface area contributed by atoms with Gasteiger partial charge in [-0.1, -0.05) is 18.5 Å². The fraction of sp³-hybridized carbons (Fsp3) is 0.231. The minimum Gasteiger partial charge on any atom is -0.497 e. The standard InChI is InChI=1S/C13H11ClO3/c1-3-8-11(14)13(16)9-5-4-7(17-2)6-10(9)12(8)15/h4-6H,3H2,1-2H3. The molecule has 0 saturated heterocycles. The molecule has 0 aliphatic heterocycles. The van der Waals surface area contributed by atoms with E-state index in [2.05, 4.69) is 0 Å². The molecule has 0 spiro atoms. The van der Waals surface area contributed by atoms with Crippen LogP contribution in [0.25, 0.3) is 0 Å². The van der Waals surface area contributed by atoms with Gasteiger partial charge in [-0.2, -0.15) is 0 Å². The van der Waals surface area contributed by atoms with E-state index in [0.717, 1.165) is 0 Å². The van der Waals surface area contributed by atoms with E-state index in [0.29, 0.717) is 28.9 Å². The van der Waals surface area contributed by atoms with Crippen molar-refractivity contribution in [1.29, 1.82) is 0 Å². The average Bonchev–Trinajstić information content (AvgIpc) is 2.36. The maximum atomic E-state index is 12.1. The lowest BCUT2D eigenvalue weighted by molar-refractivity contribution is 0.0978. The van der Waals surface area contributed by atoms with Gasteiger partial charge in [0.2, 0.25) is 5.78 Å². The Morgan fingerprint density at radius 3 is 2.47 bits per heavy atom. The highest BCUT2D eigenvalue weighted by Gasteiger charge is 2.30. The molecule has 17 heavy (non-hydrogen) atoms. The predicted molar refractivity (Wildman–Crippen MR) is 64.8 cm³/mol. The molecule has 0 bridgehead atoms. The van der Waals surface area contributed by atoms with Gasteiger partial charge in [0.25, 0.3) is 0 Å². The second kappa shape index (κ2) is 4.34. The summed E-state index contributed by atoms with van der Waals surface area (Å²) < 4.78 is 5.05. The van der Waals surface area contributed by atoms with Crippen molar-refractivity contribution >= 4 is 23.2 Å². The minimum absolute atomic E-state index is 0.0372. The van der Waals surface area contributed by atoms with Gasteiger partial charge >= 0.3 is 0 Å². The molecule has 1 aromatic rings. The third-order valence-corrected chi connectivity index (χ3v) is 3.21. The Bertz CT molecular complexity index is 544. The number of allylic oxidation sites excluding steroid dienone is 2. The molecule has 1 aliphatic carbocycles. The summed E-state index contributed by atoms with van der Waals surface area (Å²) in [5.41, 5.74) is 1.09. The zero-order chi connectivity index (χ0) is 12.6. The summed E-state index contributed by atoms with van der Waals surface area (Å²) in [6.45, 7) is 1.80. The molecule has 0 N–H and O–H groups in total. The Morgan fingerprint density at radius 1 is 1.18 bits per heavy atom. The van der Waals surface area contributed by atoms with E-state index in [4.69, 9.17) is 16.3 Å². The predicted octanol–water partition coefficient (Wildman–Crippen LogP) is 2.98. The first kappa shape index (κ1) is 11.9. The van der Waals surface area contributed by atoms with E-state index in [1.54, 1.807) is 25.1 Å². The maximum absolute atomic E-state index is 12.1. The summed E-state index contributed by atoms with van der Waals surface area (Å²) in [5, 5.41) is 0.0372. The number of fused-ring (bicyclic) bond motifs is 1. The van der Waals surface area contributed by atoms with Crippen LogP contribution >= 0.6 is 11.6 Å². The number of ether oxygens (including phenoxy) is 1. The van der Waals surface area contributed by atoms with Crippen LogP contribution in [-0.2, 0) is 0 Å². The van der Waals surface area contributed by atoms with Gasteiger partial charge in [-0.15, -0.1) is 0 Å². The van der Waals surface area contributed by atoms with Crippen molar-refractivity contribution in [2.75, 3.05) is 7.11 Å². The van der Waals surface area contributed by atoms with E-state index in [9.17, 15) is 9.59 Å². The third kappa shape index (κ3) is 1.76. The molecule has 1 aromatic carbocycles. The Hall–Kier alpha value is -1.61. The minimum atomic E-state index is -0.291. The smallest absolute Gasteiger partial charge is 0.205 e. The highest BCUT2D eigenvalue weighted by Crippen LogP contribution is 2.31. The van der Waals surface area contributed by atoms with Crippen LogP contribution in [0.3, 0.4) is 0 Å². The average molecular weight is 251 g/mol. The molecule has 0 heterocycles. The lowest BCUT2D eigenvalue weighted by Crippen LogP contribution is -2.19. The Kier molecular flexibility index (Phi) is 3.03. The summed E-state index contributed by atoms with van der Waals surface area (Å²) in [6, 6.07) is 4.79. The molecule has 1 aliphatic rings. The highest BCUT2D eigenvalue weighted by molar-refractivity contribution is 6.50. The topological polar surface area (TPSA) is 43.4 Å². The molecule has 0 aromatic heterocycles. The number of methoxy groups -OCH3 is 1. The van der Waals surface area contributed by atoms with Crippen molar-refractivity contribution in [1.82, 2.24) is 0 Å². The summed E-state index contributed by atoms with van der Waals surface area (Å²) in [7, 11) is 1.51. The molecule has 0 unspecified atom stereocenters. The first-order chi connectivity index (χ1) is 8.10. The first-order valence-corrected chi connectivity index (χ1v) is 5.64. The van der Waals surface area contributed by atoms with Gasteiger partial charge in [-0.05, 0) is 24.6 Å². The van der Waals surface area contributed by atoms with E-state index >= 15 is 0 Å². The third-order valence-electron chi connectivity index (χ3n) is 2.81. The SMILES string of the molecule is CCC1=C(Cl)C(=O)c2ccc(OC)cc2C1=O. The zero-order valence-corrected chi connectivity index (χ0v) is 10.3. The summed E-state index contributed by atoms with van der Waals surface area (Å²) in [6.07, 6.45) is 0.445. The van der Waals surface area contributed by atoms with Gasteiger partial charge in [0, 0.05) is 16.7 Å². The highest BCUT2D eigenvalue weighted by atomic mass is 35.5. The molecule has 2 rings (SSSR count). The van der Waals surface area contributed by atoms with Gasteiger partial charge in [-0.3, -0.25) is 9.59 Å². The number of hydrogen-bond donors (Lipinski definition) is 0. The molecular weight excluding hydrogens is 240 g/mol. The maximum Gasteiger partial charge on any atom is 0.205 e. The number of hydrogen-bond acceptors (Lipinski definition) is 3. The second-order valence-electron chi connectivity index (χ2n) is 3.72. The summed E-state index contributed by atoms with van der Waals surface area (Å²) in [4.78, 5) is 24.1. The normalized spacial score (nSPS) is 15.0. The van der Waals surface area contributed by atoms with Gasteiger partial charge in [0.05, 0.1) is 12.1 Å². The van der Waals surface area contributed by atoms with Gasteiger partial charge < -0.3 is 4.74 Å². The van der Waals surface area contributed by atoms with Gasteiger partial charge in [0.1, 0.15) is 5.75 Å². The van der Waals surface area contributed by atoms with Crippen LogP contribution in [0.4, 0.5) is 0 Å². The Balaban J connectivity index is 2.64. The molecular formula is C13H11ClO3. The fourth-order valence-corrected chi connectivity index (χ4v) is 2.19. The van der Waals surface area contributed by atoms with E-state index < -0.39 is 0 Å². The Morgan fingerprint density at radius 2 is 1.88 bits per heavy atom. The van der Waals surface area contributed by atoms with Crippen LogP contribution in [0.2, 0.25) is 0 Å². The summed E-state index contributed by atoms with van der Waals surface area (Å²) >= 11 is 5.91. The lowest BCUT2D eigenvalue weighted by atomic mass is 9.88. The molecule has 4 heteroatoms. The summed E-state index contributed by atoms with van der Waals surface area (Å²) in [5.74, 6) is 0.0742. The van der Waals surface area contributed by atoms with Crippen molar-refractivity contribution in [2.24, 2.45) is 0 Å². The van der Waals surface area contributed by atoms with Gasteiger partial charge in [-0.25, -0.2) is 0 Å². The van der Waals surface area contributed by atoms with E-state index in [-0.39, 0.29) is 16.6 Å². The van der Waals surface area contributed by atoms with Crippen LogP contribution in [0, 0.1) is 0 Å². The molecule has 0 fully saturated rings. The number of ketones is 2. The van der Waals surface area contributed by atoms with Crippen molar-refractivity contribution < 1.29 is 14.3 Å². The number of carbonyl (C=O) groups is 2. The number of benzene rings is 1. The fourth-order valence-electron chi connectivity index (χ4n) is 1.87. The number of Topliss-reactive ketones (excluding diaryl/α,β-unsaturated/α-hetero) is 2. The number of rotatable bonds is 2.